The van der Waals surface area contributed by atoms with Crippen molar-refractivity contribution in [3.8, 4) is 0 Å². The summed E-state index contributed by atoms with van der Waals surface area (Å²) in [6, 6.07) is -0.194. The number of aryl methyl sites for hydroxylation is 1. The zero-order valence-corrected chi connectivity index (χ0v) is 14.6. The van der Waals surface area contributed by atoms with Crippen molar-refractivity contribution in [3.05, 3.63) is 22.5 Å². The number of carbonyl (C=O) groups is 3. The number of ketones is 2. The number of quaternary nitrogens is 1. The van der Waals surface area contributed by atoms with Gasteiger partial charge in [-0.3, -0.25) is 14.4 Å². The van der Waals surface area contributed by atoms with Gasteiger partial charge in [0.25, 0.3) is 0 Å². The number of piperazine rings is 1. The van der Waals surface area contributed by atoms with E-state index >= 15 is 0 Å². The maximum atomic E-state index is 12.8. The maximum Gasteiger partial charge on any atom is 0.235 e. The van der Waals surface area contributed by atoms with Crippen LogP contribution in [0.4, 0.5) is 0 Å². The van der Waals surface area contributed by atoms with Crippen molar-refractivity contribution in [1.82, 2.24) is 9.88 Å². The summed E-state index contributed by atoms with van der Waals surface area (Å²) >= 11 is 0. The molecule has 1 aromatic heterocycles. The Morgan fingerprint density at radius 1 is 1.13 bits per heavy atom. The molecule has 1 aliphatic heterocycles. The molecule has 1 aromatic rings. The summed E-state index contributed by atoms with van der Waals surface area (Å²) < 4.78 is 0. The Balaban J connectivity index is 2.14. The predicted molar refractivity (Wildman–Crippen MR) is 87.0 cm³/mol. The molecule has 2 rings (SSSR count). The topological polar surface area (TPSA) is 74.7 Å². The highest BCUT2D eigenvalue weighted by Crippen LogP contribution is 2.19. The first-order valence-electron chi connectivity index (χ1n) is 8.08. The van der Waals surface area contributed by atoms with Crippen LogP contribution < -0.4 is 4.90 Å². The Morgan fingerprint density at radius 3 is 2.13 bits per heavy atom. The molecule has 0 aliphatic carbocycles. The summed E-state index contributed by atoms with van der Waals surface area (Å²) in [4.78, 5) is 42.0. The van der Waals surface area contributed by atoms with E-state index in [0.717, 1.165) is 24.3 Å². The summed E-state index contributed by atoms with van der Waals surface area (Å²) in [6.07, 6.45) is 0. The van der Waals surface area contributed by atoms with Gasteiger partial charge in [0.1, 0.15) is 0 Å². The molecule has 1 amide bonds. The third-order valence-electron chi connectivity index (χ3n) is 4.89. The van der Waals surface area contributed by atoms with Crippen molar-refractivity contribution in [3.63, 3.8) is 0 Å². The molecule has 0 bridgehead atoms. The molecule has 0 spiro atoms. The molecule has 126 valence electrons. The van der Waals surface area contributed by atoms with Crippen LogP contribution in [0.3, 0.4) is 0 Å². The van der Waals surface area contributed by atoms with E-state index in [1.54, 1.807) is 6.92 Å². The van der Waals surface area contributed by atoms with Crippen molar-refractivity contribution in [1.29, 1.82) is 0 Å². The molecule has 1 fully saturated rings. The monoisotopic (exact) mass is 320 g/mol. The molecular weight excluding hydrogens is 294 g/mol. The first kappa shape index (κ1) is 17.4. The van der Waals surface area contributed by atoms with E-state index in [1.165, 1.54) is 11.8 Å². The summed E-state index contributed by atoms with van der Waals surface area (Å²) in [6.45, 7) is 11.6. The van der Waals surface area contributed by atoms with Crippen LogP contribution in [0, 0.1) is 13.8 Å². The fourth-order valence-corrected chi connectivity index (χ4v) is 3.47. The number of nitrogens with zero attached hydrogens (tertiary/aromatic N) is 1. The largest absolute Gasteiger partial charge is 0.355 e. The van der Waals surface area contributed by atoms with Crippen LogP contribution in [-0.2, 0) is 4.79 Å². The van der Waals surface area contributed by atoms with Gasteiger partial charge in [-0.25, -0.2) is 0 Å². The van der Waals surface area contributed by atoms with Crippen molar-refractivity contribution in [2.45, 2.75) is 40.7 Å². The predicted octanol–water partition coefficient (Wildman–Crippen LogP) is 0.152. The quantitative estimate of drug-likeness (QED) is 0.776. The van der Waals surface area contributed by atoms with Crippen LogP contribution in [0.5, 0.6) is 0 Å². The summed E-state index contributed by atoms with van der Waals surface area (Å²) in [7, 11) is 0. The lowest BCUT2D eigenvalue weighted by molar-refractivity contribution is -0.917. The minimum Gasteiger partial charge on any atom is -0.355 e. The Bertz CT molecular complexity index is 640. The number of carbonyl (C=O) groups excluding carboxylic acids is 3. The number of rotatable bonds is 4. The van der Waals surface area contributed by atoms with Crippen LogP contribution in [0.25, 0.3) is 0 Å². The standard InChI is InChI=1S/C17H25N3O3/c1-10-15(13(4)21)11(2)18-16(10)17(23)12(3)19-6-8-20(9-7-19)14(5)22/h12,18H,6-9H2,1-5H3/p+1/t12-/m0/s1. The van der Waals surface area contributed by atoms with Crippen LogP contribution in [-0.4, -0.2) is 59.6 Å². The number of nitrogens with one attached hydrogen (secondary N) is 2. The Morgan fingerprint density at radius 2 is 1.70 bits per heavy atom. The van der Waals surface area contributed by atoms with Gasteiger partial charge in [0.2, 0.25) is 11.7 Å². The van der Waals surface area contributed by atoms with Gasteiger partial charge in [0.05, 0.1) is 31.9 Å². The van der Waals surface area contributed by atoms with Crippen molar-refractivity contribution < 1.29 is 19.3 Å². The number of aromatic nitrogens is 1. The molecule has 2 N–H and O–H groups in total. The molecule has 0 saturated carbocycles. The first-order chi connectivity index (χ1) is 10.7. The van der Waals surface area contributed by atoms with Crippen LogP contribution in [0.1, 0.15) is 52.9 Å². The number of amides is 1. The molecule has 23 heavy (non-hydrogen) atoms. The van der Waals surface area contributed by atoms with Gasteiger partial charge in [-0.05, 0) is 33.3 Å². The van der Waals surface area contributed by atoms with Gasteiger partial charge >= 0.3 is 0 Å². The number of aromatic amines is 1. The molecule has 0 unspecified atom stereocenters. The van der Waals surface area contributed by atoms with Crippen LogP contribution in [0.15, 0.2) is 0 Å². The van der Waals surface area contributed by atoms with E-state index in [4.69, 9.17) is 0 Å². The maximum absolute atomic E-state index is 12.8. The van der Waals surface area contributed by atoms with Gasteiger partial charge in [-0.2, -0.15) is 0 Å². The second kappa shape index (κ2) is 6.66. The van der Waals surface area contributed by atoms with E-state index in [0.29, 0.717) is 24.3 Å². The molecule has 1 atom stereocenters. The highest BCUT2D eigenvalue weighted by atomic mass is 16.2. The highest BCUT2D eigenvalue weighted by Gasteiger charge is 2.32. The van der Waals surface area contributed by atoms with E-state index in [2.05, 4.69) is 4.98 Å². The fraction of sp³-hybridized carbons (Fsp3) is 0.588. The van der Waals surface area contributed by atoms with Gasteiger partial charge < -0.3 is 14.8 Å². The number of hydrogen-bond acceptors (Lipinski definition) is 3. The number of hydrogen-bond donors (Lipinski definition) is 2. The first-order valence-corrected chi connectivity index (χ1v) is 8.08. The summed E-state index contributed by atoms with van der Waals surface area (Å²) in [5.74, 6) is 0.0970. The third kappa shape index (κ3) is 3.37. The van der Waals surface area contributed by atoms with E-state index in [1.807, 2.05) is 25.7 Å². The SMILES string of the molecule is CC(=O)c1c(C)[nH]c(C(=O)[C@H](C)[NH+]2CCN(C(C)=O)CC2)c1C. The lowest BCUT2D eigenvalue weighted by Crippen LogP contribution is -3.18. The highest BCUT2D eigenvalue weighted by molar-refractivity contribution is 6.04. The van der Waals surface area contributed by atoms with Crippen molar-refractivity contribution in [2.75, 3.05) is 26.2 Å². The van der Waals surface area contributed by atoms with Gasteiger partial charge in [0, 0.05) is 18.2 Å². The van der Waals surface area contributed by atoms with E-state index in [9.17, 15) is 14.4 Å². The minimum atomic E-state index is -0.194. The molecule has 0 aromatic carbocycles. The lowest BCUT2D eigenvalue weighted by atomic mass is 10.0. The van der Waals surface area contributed by atoms with Crippen LogP contribution in [0.2, 0.25) is 0 Å². The minimum absolute atomic E-state index is 0.0228. The Labute approximate surface area is 136 Å². The van der Waals surface area contributed by atoms with Crippen LogP contribution >= 0.6 is 0 Å². The van der Waals surface area contributed by atoms with Gasteiger partial charge in [0.15, 0.2) is 11.8 Å². The average Bonchev–Trinajstić information content (AvgIpc) is 2.80. The summed E-state index contributed by atoms with van der Waals surface area (Å²) in [5.41, 5.74) is 2.66. The van der Waals surface area contributed by atoms with Gasteiger partial charge in [-0.1, -0.05) is 0 Å². The molecule has 1 saturated heterocycles. The van der Waals surface area contributed by atoms with Gasteiger partial charge in [-0.15, -0.1) is 0 Å². The third-order valence-corrected chi connectivity index (χ3v) is 4.89. The second-order valence-corrected chi connectivity index (χ2v) is 6.43. The molecule has 1 aliphatic rings. The molecule has 6 heteroatoms. The normalized spacial score (nSPS) is 17.2. The molecular formula is C17H26N3O3+. The Kier molecular flexibility index (Phi) is 5.04. The Hall–Kier alpha value is -1.95. The fourth-order valence-electron chi connectivity index (χ4n) is 3.47. The second-order valence-electron chi connectivity index (χ2n) is 6.43. The van der Waals surface area contributed by atoms with E-state index < -0.39 is 0 Å². The molecule has 0 radical (unpaired) electrons. The summed E-state index contributed by atoms with van der Waals surface area (Å²) in [5, 5.41) is 0. The number of Topliss-reactive ketones (excluding diaryl/α,β-unsaturated/α-hetero) is 2. The number of H-pyrrole nitrogens is 1. The lowest BCUT2D eigenvalue weighted by Gasteiger charge is -2.34. The smallest absolute Gasteiger partial charge is 0.235 e. The molecule has 2 heterocycles. The van der Waals surface area contributed by atoms with Crippen molar-refractivity contribution in [2.24, 2.45) is 0 Å². The van der Waals surface area contributed by atoms with E-state index in [-0.39, 0.29) is 23.5 Å². The zero-order valence-electron chi connectivity index (χ0n) is 14.6. The molecule has 6 nitrogen and oxygen atoms in total. The zero-order chi connectivity index (χ0) is 17.3. The van der Waals surface area contributed by atoms with Crippen molar-refractivity contribution >= 4 is 17.5 Å². The average molecular weight is 320 g/mol.